The van der Waals surface area contributed by atoms with Gasteiger partial charge in [0.2, 0.25) is 0 Å². The van der Waals surface area contributed by atoms with Gasteiger partial charge in [-0.1, -0.05) is 6.07 Å². The highest BCUT2D eigenvalue weighted by Gasteiger charge is 2.51. The zero-order valence-corrected chi connectivity index (χ0v) is 11.7. The Morgan fingerprint density at radius 3 is 2.28 bits per heavy atom. The van der Waals surface area contributed by atoms with Gasteiger partial charge >= 0.3 is 7.12 Å². The number of fused-ring (bicyclic) bond motifs is 1. The van der Waals surface area contributed by atoms with Crippen LogP contribution in [0.4, 0.5) is 0 Å². The fourth-order valence-electron chi connectivity index (χ4n) is 1.92. The molecule has 0 aliphatic carbocycles. The van der Waals surface area contributed by atoms with E-state index in [1.165, 1.54) is 11.7 Å². The highest BCUT2D eigenvalue weighted by atomic mass is 32.1. The fourth-order valence-corrected chi connectivity index (χ4v) is 2.44. The molecule has 3 rings (SSSR count). The van der Waals surface area contributed by atoms with E-state index in [2.05, 4.69) is 36.4 Å². The molecule has 0 atom stereocenters. The number of nitrogens with zero attached hydrogens (tertiary/aromatic N) is 2. The Balaban J connectivity index is 1.96. The van der Waals surface area contributed by atoms with E-state index in [-0.39, 0.29) is 18.3 Å². The minimum Gasteiger partial charge on any atom is -0.399 e. The lowest BCUT2D eigenvalue weighted by molar-refractivity contribution is 0.00578. The van der Waals surface area contributed by atoms with E-state index < -0.39 is 0 Å². The Kier molecular flexibility index (Phi) is 2.52. The first kappa shape index (κ1) is 12.1. The third kappa shape index (κ3) is 1.76. The van der Waals surface area contributed by atoms with Crippen LogP contribution in [0.2, 0.25) is 0 Å². The van der Waals surface area contributed by atoms with Gasteiger partial charge in [-0.3, -0.25) is 0 Å². The van der Waals surface area contributed by atoms with E-state index in [1.54, 1.807) is 0 Å². The molecule has 94 valence electrons. The first-order valence-electron chi connectivity index (χ1n) is 5.97. The van der Waals surface area contributed by atoms with Gasteiger partial charge in [-0.15, -0.1) is 0 Å². The Hall–Kier alpha value is -0.975. The van der Waals surface area contributed by atoms with Crippen molar-refractivity contribution in [1.82, 2.24) is 8.75 Å². The van der Waals surface area contributed by atoms with Crippen LogP contribution in [0.1, 0.15) is 27.7 Å². The summed E-state index contributed by atoms with van der Waals surface area (Å²) in [7, 11) is -0.332. The van der Waals surface area contributed by atoms with Crippen LogP contribution in [0.15, 0.2) is 18.2 Å². The lowest BCUT2D eigenvalue weighted by atomic mass is 9.79. The van der Waals surface area contributed by atoms with Crippen molar-refractivity contribution in [1.29, 1.82) is 0 Å². The van der Waals surface area contributed by atoms with Crippen molar-refractivity contribution >= 4 is 35.3 Å². The zero-order valence-electron chi connectivity index (χ0n) is 10.9. The van der Waals surface area contributed by atoms with Gasteiger partial charge < -0.3 is 9.31 Å². The summed E-state index contributed by atoms with van der Waals surface area (Å²) in [4.78, 5) is 0. The highest BCUT2D eigenvalue weighted by Crippen LogP contribution is 2.36. The molecule has 2 heterocycles. The average Bonchev–Trinajstić information content (AvgIpc) is 2.80. The molecule has 2 aromatic rings. The number of aromatic nitrogens is 2. The first-order valence-corrected chi connectivity index (χ1v) is 6.70. The molecule has 1 aromatic heterocycles. The molecule has 1 aromatic carbocycles. The molecule has 0 N–H and O–H groups in total. The van der Waals surface area contributed by atoms with Crippen LogP contribution >= 0.6 is 11.7 Å². The second-order valence-corrected chi connectivity index (χ2v) is 6.13. The summed E-state index contributed by atoms with van der Waals surface area (Å²) < 4.78 is 20.5. The molecule has 1 aliphatic heterocycles. The van der Waals surface area contributed by atoms with Crippen molar-refractivity contribution in [2.75, 3.05) is 0 Å². The van der Waals surface area contributed by atoms with Crippen LogP contribution < -0.4 is 5.46 Å². The summed E-state index contributed by atoms with van der Waals surface area (Å²) >= 11 is 1.22. The second kappa shape index (κ2) is 3.76. The minimum atomic E-state index is -0.332. The molecule has 6 heteroatoms. The van der Waals surface area contributed by atoms with Gasteiger partial charge in [0.1, 0.15) is 11.0 Å². The number of rotatable bonds is 1. The summed E-state index contributed by atoms with van der Waals surface area (Å²) in [5.74, 6) is 0. The summed E-state index contributed by atoms with van der Waals surface area (Å²) in [6, 6.07) is 5.94. The predicted molar refractivity (Wildman–Crippen MR) is 73.1 cm³/mol. The highest BCUT2D eigenvalue weighted by molar-refractivity contribution is 7.00. The summed E-state index contributed by atoms with van der Waals surface area (Å²) in [5, 5.41) is 0. The van der Waals surface area contributed by atoms with Gasteiger partial charge in [-0.2, -0.15) is 8.75 Å². The minimum absolute atomic E-state index is 0.313. The number of benzene rings is 1. The topological polar surface area (TPSA) is 44.2 Å². The molecule has 0 saturated carbocycles. The molecule has 1 aliphatic rings. The molecular formula is C12H15BN2O2S. The monoisotopic (exact) mass is 262 g/mol. The lowest BCUT2D eigenvalue weighted by Gasteiger charge is -2.32. The van der Waals surface area contributed by atoms with E-state index >= 15 is 0 Å². The molecular weight excluding hydrogens is 247 g/mol. The SMILES string of the molecule is CC1(C)OB(c2ccc3nsnc3c2)OC1(C)C. The van der Waals surface area contributed by atoms with Gasteiger partial charge in [0.15, 0.2) is 0 Å². The van der Waals surface area contributed by atoms with Crippen molar-refractivity contribution in [2.45, 2.75) is 38.9 Å². The maximum Gasteiger partial charge on any atom is 0.494 e. The summed E-state index contributed by atoms with van der Waals surface area (Å²) in [6.45, 7) is 8.21. The Labute approximate surface area is 111 Å². The van der Waals surface area contributed by atoms with Crippen LogP contribution in [-0.2, 0) is 9.31 Å². The Morgan fingerprint density at radius 1 is 1.00 bits per heavy atom. The zero-order chi connectivity index (χ0) is 13.0. The molecule has 0 unspecified atom stereocenters. The molecule has 0 spiro atoms. The van der Waals surface area contributed by atoms with E-state index in [0.29, 0.717) is 0 Å². The van der Waals surface area contributed by atoms with Crippen molar-refractivity contribution in [3.8, 4) is 0 Å². The van der Waals surface area contributed by atoms with Gasteiger partial charge in [0.05, 0.1) is 22.9 Å². The van der Waals surface area contributed by atoms with Crippen LogP contribution in [0.5, 0.6) is 0 Å². The normalized spacial score (nSPS) is 21.7. The third-order valence-electron chi connectivity index (χ3n) is 3.80. The maximum absolute atomic E-state index is 6.01. The number of hydrogen-bond acceptors (Lipinski definition) is 5. The van der Waals surface area contributed by atoms with Gasteiger partial charge in [-0.05, 0) is 45.3 Å². The molecule has 0 radical (unpaired) electrons. The number of hydrogen-bond donors (Lipinski definition) is 0. The largest absolute Gasteiger partial charge is 0.494 e. The third-order valence-corrected chi connectivity index (χ3v) is 4.36. The van der Waals surface area contributed by atoms with Crippen molar-refractivity contribution in [2.24, 2.45) is 0 Å². The van der Waals surface area contributed by atoms with Crippen molar-refractivity contribution in [3.63, 3.8) is 0 Å². The maximum atomic E-state index is 6.01. The molecule has 18 heavy (non-hydrogen) atoms. The van der Waals surface area contributed by atoms with Gasteiger partial charge in [-0.25, -0.2) is 0 Å². The van der Waals surface area contributed by atoms with Gasteiger partial charge in [0.25, 0.3) is 0 Å². The molecule has 1 fully saturated rings. The van der Waals surface area contributed by atoms with Crippen molar-refractivity contribution < 1.29 is 9.31 Å². The second-order valence-electron chi connectivity index (χ2n) is 5.60. The van der Waals surface area contributed by atoms with Crippen LogP contribution in [0, 0.1) is 0 Å². The van der Waals surface area contributed by atoms with Crippen molar-refractivity contribution in [3.05, 3.63) is 18.2 Å². The Bertz CT molecular complexity index is 581. The van der Waals surface area contributed by atoms with Gasteiger partial charge in [0, 0.05) is 0 Å². The predicted octanol–water partition coefficient (Wildman–Crippen LogP) is 1.99. The standard InChI is InChI=1S/C12H15BN2O2S/c1-11(2)12(3,4)17-13(16-11)8-5-6-9-10(7-8)15-18-14-9/h5-7H,1-4H3. The summed E-state index contributed by atoms with van der Waals surface area (Å²) in [5.41, 5.74) is 2.18. The molecule has 4 nitrogen and oxygen atoms in total. The van der Waals surface area contributed by atoms with E-state index in [1.807, 2.05) is 18.2 Å². The Morgan fingerprint density at radius 2 is 1.61 bits per heavy atom. The smallest absolute Gasteiger partial charge is 0.399 e. The van der Waals surface area contributed by atoms with Crippen LogP contribution in [0.25, 0.3) is 11.0 Å². The van der Waals surface area contributed by atoms with Crippen LogP contribution in [0.3, 0.4) is 0 Å². The first-order chi connectivity index (χ1) is 8.39. The quantitative estimate of drug-likeness (QED) is 0.737. The molecule has 1 saturated heterocycles. The fraction of sp³-hybridized carbons (Fsp3) is 0.500. The summed E-state index contributed by atoms with van der Waals surface area (Å²) in [6.07, 6.45) is 0. The van der Waals surface area contributed by atoms with E-state index in [4.69, 9.17) is 9.31 Å². The lowest BCUT2D eigenvalue weighted by Crippen LogP contribution is -2.41. The van der Waals surface area contributed by atoms with E-state index in [9.17, 15) is 0 Å². The molecule has 0 bridgehead atoms. The average molecular weight is 262 g/mol. The van der Waals surface area contributed by atoms with Crippen LogP contribution in [-0.4, -0.2) is 27.1 Å². The van der Waals surface area contributed by atoms with E-state index in [0.717, 1.165) is 16.5 Å². The molecule has 0 amide bonds.